The largest absolute Gasteiger partial charge is 0.450 e. The first-order chi connectivity index (χ1) is 14.3. The minimum absolute atomic E-state index is 0.0924. The number of nitrogens with zero attached hydrogens (tertiary/aromatic N) is 2. The minimum Gasteiger partial charge on any atom is -0.450 e. The predicted molar refractivity (Wildman–Crippen MR) is 122 cm³/mol. The fourth-order valence-electron chi connectivity index (χ4n) is 3.80. The highest BCUT2D eigenvalue weighted by atomic mass is 79.9. The van der Waals surface area contributed by atoms with Gasteiger partial charge in [0.1, 0.15) is 5.58 Å². The second kappa shape index (κ2) is 6.89. The molecule has 0 aliphatic carbocycles. The summed E-state index contributed by atoms with van der Waals surface area (Å²) < 4.78 is 6.91. The average Bonchev–Trinajstić information content (AvgIpc) is 3.20. The van der Waals surface area contributed by atoms with E-state index in [0.29, 0.717) is 21.7 Å². The van der Waals surface area contributed by atoms with Crippen LogP contribution in [-0.2, 0) is 0 Å². The van der Waals surface area contributed by atoms with Gasteiger partial charge in [-0.1, -0.05) is 39.7 Å². The predicted octanol–water partition coefficient (Wildman–Crippen LogP) is 5.69. The van der Waals surface area contributed by atoms with Crippen molar-refractivity contribution in [1.29, 1.82) is 0 Å². The molecule has 3 heterocycles. The van der Waals surface area contributed by atoms with E-state index < -0.39 is 6.04 Å². The maximum atomic E-state index is 13.6. The topological polar surface area (TPSA) is 63.4 Å². The van der Waals surface area contributed by atoms with Crippen molar-refractivity contribution < 1.29 is 9.21 Å². The number of anilines is 1. The Kier molecular flexibility index (Phi) is 4.41. The number of carbonyl (C=O) groups is 1. The lowest BCUT2D eigenvalue weighted by atomic mass is 9.98. The Morgan fingerprint density at radius 3 is 2.47 bits per heavy atom. The summed E-state index contributed by atoms with van der Waals surface area (Å²) in [5.74, 6) is -0.249. The molecule has 0 saturated heterocycles. The molecule has 0 radical (unpaired) electrons. The van der Waals surface area contributed by atoms with E-state index in [1.807, 2.05) is 57.2 Å². The molecule has 0 spiro atoms. The van der Waals surface area contributed by atoms with Gasteiger partial charge < -0.3 is 4.42 Å². The normalized spacial score (nSPS) is 15.8. The van der Waals surface area contributed by atoms with Crippen molar-refractivity contribution in [3.63, 3.8) is 0 Å². The first kappa shape index (κ1) is 19.2. The van der Waals surface area contributed by atoms with Gasteiger partial charge in [0.05, 0.1) is 22.7 Å². The van der Waals surface area contributed by atoms with E-state index in [2.05, 4.69) is 20.9 Å². The van der Waals surface area contributed by atoms with Crippen LogP contribution < -0.4 is 10.3 Å². The molecule has 5 rings (SSSR count). The van der Waals surface area contributed by atoms with Crippen LogP contribution in [0.4, 0.5) is 5.13 Å². The molecular formula is C23H17BrN2O3S. The second-order valence-electron chi connectivity index (χ2n) is 7.44. The van der Waals surface area contributed by atoms with Crippen molar-refractivity contribution in [1.82, 2.24) is 4.98 Å². The number of amides is 1. The summed E-state index contributed by atoms with van der Waals surface area (Å²) in [7, 11) is 0. The van der Waals surface area contributed by atoms with Crippen LogP contribution in [0.25, 0.3) is 11.0 Å². The van der Waals surface area contributed by atoms with Crippen molar-refractivity contribution in [2.45, 2.75) is 26.8 Å². The van der Waals surface area contributed by atoms with Crippen molar-refractivity contribution >= 4 is 49.3 Å². The summed E-state index contributed by atoms with van der Waals surface area (Å²) in [6.45, 7) is 5.81. The third-order valence-electron chi connectivity index (χ3n) is 5.43. The molecule has 0 fully saturated rings. The van der Waals surface area contributed by atoms with Gasteiger partial charge in [-0.3, -0.25) is 14.5 Å². The van der Waals surface area contributed by atoms with Crippen LogP contribution in [0.15, 0.2) is 56.1 Å². The Balaban J connectivity index is 1.82. The number of hydrogen-bond acceptors (Lipinski definition) is 5. The molecule has 2 aromatic carbocycles. The Labute approximate surface area is 185 Å². The smallest absolute Gasteiger partial charge is 0.297 e. The summed E-state index contributed by atoms with van der Waals surface area (Å²) >= 11 is 4.90. The molecule has 150 valence electrons. The lowest BCUT2D eigenvalue weighted by Crippen LogP contribution is -2.29. The zero-order valence-electron chi connectivity index (χ0n) is 16.5. The third kappa shape index (κ3) is 2.84. The molecule has 1 unspecified atom stereocenters. The quantitative estimate of drug-likeness (QED) is 0.369. The highest BCUT2D eigenvalue weighted by Crippen LogP contribution is 2.43. The van der Waals surface area contributed by atoms with Gasteiger partial charge >= 0.3 is 0 Å². The van der Waals surface area contributed by atoms with Crippen molar-refractivity contribution in [2.75, 3.05) is 4.90 Å². The van der Waals surface area contributed by atoms with Gasteiger partial charge in [-0.25, -0.2) is 4.98 Å². The van der Waals surface area contributed by atoms with E-state index >= 15 is 0 Å². The number of carbonyl (C=O) groups excluding carboxylic acids is 1. The zero-order valence-corrected chi connectivity index (χ0v) is 18.9. The molecule has 0 N–H and O–H groups in total. The maximum absolute atomic E-state index is 13.6. The van der Waals surface area contributed by atoms with E-state index in [1.165, 1.54) is 11.3 Å². The minimum atomic E-state index is -0.591. The number of benzene rings is 2. The number of rotatable bonds is 2. The van der Waals surface area contributed by atoms with Crippen LogP contribution in [0.2, 0.25) is 0 Å². The number of thiazole rings is 1. The standard InChI is InChI=1S/C23H17BrN2O3S/c1-11-4-9-17-16(10-11)20(27)18-19(14-5-7-15(24)8-6-14)26(22(28)21(18)29-17)23-25-12(2)13(3)30-23/h4-10,19H,1-3H3. The van der Waals surface area contributed by atoms with Gasteiger partial charge in [-0.2, -0.15) is 0 Å². The van der Waals surface area contributed by atoms with E-state index in [9.17, 15) is 9.59 Å². The number of aromatic nitrogens is 1. The molecule has 7 heteroatoms. The number of hydrogen-bond donors (Lipinski definition) is 0. The van der Waals surface area contributed by atoms with Gasteiger partial charge in [0.2, 0.25) is 5.76 Å². The molecule has 4 aromatic rings. The van der Waals surface area contributed by atoms with Crippen LogP contribution in [0.3, 0.4) is 0 Å². The van der Waals surface area contributed by atoms with Crippen LogP contribution in [0.5, 0.6) is 0 Å². The molecule has 1 amide bonds. The van der Waals surface area contributed by atoms with Crippen LogP contribution in [-0.4, -0.2) is 10.9 Å². The zero-order chi connectivity index (χ0) is 21.2. The lowest BCUT2D eigenvalue weighted by Gasteiger charge is -2.22. The Morgan fingerprint density at radius 1 is 1.07 bits per heavy atom. The molecule has 0 bridgehead atoms. The number of aryl methyl sites for hydroxylation is 3. The Bertz CT molecular complexity index is 1370. The lowest BCUT2D eigenvalue weighted by molar-refractivity contribution is 0.0971. The third-order valence-corrected chi connectivity index (χ3v) is 7.04. The summed E-state index contributed by atoms with van der Waals surface area (Å²) in [6.07, 6.45) is 0. The Morgan fingerprint density at radius 2 is 1.80 bits per heavy atom. The van der Waals surface area contributed by atoms with E-state index in [1.54, 1.807) is 11.0 Å². The van der Waals surface area contributed by atoms with Crippen LogP contribution in [0.1, 0.15) is 43.9 Å². The molecule has 0 saturated carbocycles. The van der Waals surface area contributed by atoms with Gasteiger partial charge in [-0.05, 0) is 50.6 Å². The molecule has 5 nitrogen and oxygen atoms in total. The second-order valence-corrected chi connectivity index (χ2v) is 9.54. The van der Waals surface area contributed by atoms with Crippen molar-refractivity contribution in [3.8, 4) is 0 Å². The molecular weight excluding hydrogens is 464 g/mol. The maximum Gasteiger partial charge on any atom is 0.297 e. The molecule has 1 atom stereocenters. The first-order valence-corrected chi connectivity index (χ1v) is 11.1. The highest BCUT2D eigenvalue weighted by Gasteiger charge is 2.45. The molecule has 1 aliphatic heterocycles. The van der Waals surface area contributed by atoms with Crippen molar-refractivity contribution in [2.24, 2.45) is 0 Å². The SMILES string of the molecule is Cc1ccc2oc3c(c(=O)c2c1)C(c1ccc(Br)cc1)N(c1nc(C)c(C)s1)C3=O. The highest BCUT2D eigenvalue weighted by molar-refractivity contribution is 9.10. The van der Waals surface area contributed by atoms with Gasteiger partial charge in [0, 0.05) is 9.35 Å². The fourth-order valence-corrected chi connectivity index (χ4v) is 5.00. The first-order valence-electron chi connectivity index (χ1n) is 9.45. The van der Waals surface area contributed by atoms with Crippen molar-refractivity contribution in [3.05, 3.63) is 90.2 Å². The Hall–Kier alpha value is -2.77. The summed E-state index contributed by atoms with van der Waals surface area (Å²) in [5.41, 5.74) is 3.26. The fraction of sp³-hybridized carbons (Fsp3) is 0.174. The monoisotopic (exact) mass is 480 g/mol. The van der Waals surface area contributed by atoms with Crippen LogP contribution >= 0.6 is 27.3 Å². The molecule has 1 aliphatic rings. The van der Waals surface area contributed by atoms with Gasteiger partial charge in [0.25, 0.3) is 5.91 Å². The van der Waals surface area contributed by atoms with E-state index in [-0.39, 0.29) is 17.1 Å². The van der Waals surface area contributed by atoms with Crippen LogP contribution in [0, 0.1) is 20.8 Å². The summed E-state index contributed by atoms with van der Waals surface area (Å²) in [6, 6.07) is 12.5. The number of halogens is 1. The van der Waals surface area contributed by atoms with Gasteiger partial charge in [0.15, 0.2) is 10.6 Å². The summed E-state index contributed by atoms with van der Waals surface area (Å²) in [5, 5.41) is 1.05. The van der Waals surface area contributed by atoms with E-state index in [4.69, 9.17) is 4.42 Å². The van der Waals surface area contributed by atoms with Gasteiger partial charge in [-0.15, -0.1) is 11.3 Å². The average molecular weight is 481 g/mol. The molecule has 30 heavy (non-hydrogen) atoms. The summed E-state index contributed by atoms with van der Waals surface area (Å²) in [4.78, 5) is 34.3. The molecule has 2 aromatic heterocycles. The van der Waals surface area contributed by atoms with E-state index in [0.717, 1.165) is 26.2 Å². The number of fused-ring (bicyclic) bond motifs is 2.